The van der Waals surface area contributed by atoms with Crippen molar-refractivity contribution >= 4 is 17.1 Å². The van der Waals surface area contributed by atoms with Gasteiger partial charge in [-0.25, -0.2) is 0 Å². The van der Waals surface area contributed by atoms with E-state index in [0.29, 0.717) is 0 Å². The predicted octanol–water partition coefficient (Wildman–Crippen LogP) is 11.4. The molecular weight excluding hydrogens is 542 g/mol. The topological polar surface area (TPSA) is 3.24 Å². The molecule has 0 spiro atoms. The minimum Gasteiger partial charge on any atom is -0.309 e. The van der Waals surface area contributed by atoms with E-state index in [2.05, 4.69) is 161 Å². The van der Waals surface area contributed by atoms with Crippen LogP contribution in [0.1, 0.15) is 73.6 Å². The summed E-state index contributed by atoms with van der Waals surface area (Å²) in [5, 5.41) is 0. The second-order valence-corrected chi connectivity index (χ2v) is 14.6. The third kappa shape index (κ3) is 2.79. The van der Waals surface area contributed by atoms with Gasteiger partial charge >= 0.3 is 0 Å². The fourth-order valence-electron chi connectivity index (χ4n) is 9.88. The van der Waals surface area contributed by atoms with Crippen LogP contribution in [0.4, 0.5) is 17.1 Å². The summed E-state index contributed by atoms with van der Waals surface area (Å²) >= 11 is 0. The molecule has 0 amide bonds. The highest BCUT2D eigenvalue weighted by molar-refractivity contribution is 6.04. The first-order chi connectivity index (χ1) is 21.8. The van der Waals surface area contributed by atoms with Crippen LogP contribution in [0.5, 0.6) is 0 Å². The molecule has 0 N–H and O–H groups in total. The van der Waals surface area contributed by atoms with Crippen LogP contribution < -0.4 is 4.90 Å². The maximum absolute atomic E-state index is 2.68. The van der Waals surface area contributed by atoms with Gasteiger partial charge < -0.3 is 4.90 Å². The molecule has 45 heavy (non-hydrogen) atoms. The summed E-state index contributed by atoms with van der Waals surface area (Å²) < 4.78 is 0. The molecule has 0 bridgehead atoms. The first-order valence-corrected chi connectivity index (χ1v) is 16.3. The van der Waals surface area contributed by atoms with Gasteiger partial charge in [-0.3, -0.25) is 0 Å². The van der Waals surface area contributed by atoms with E-state index in [4.69, 9.17) is 0 Å². The molecular formula is C44H35N. The van der Waals surface area contributed by atoms with E-state index in [-0.39, 0.29) is 16.2 Å². The van der Waals surface area contributed by atoms with Crippen molar-refractivity contribution < 1.29 is 0 Å². The Morgan fingerprint density at radius 3 is 1.42 bits per heavy atom. The highest BCUT2D eigenvalue weighted by Gasteiger charge is 2.52. The molecule has 1 heterocycles. The van der Waals surface area contributed by atoms with Crippen molar-refractivity contribution in [2.24, 2.45) is 0 Å². The summed E-state index contributed by atoms with van der Waals surface area (Å²) in [4.78, 5) is 2.68. The van der Waals surface area contributed by atoms with Crippen molar-refractivity contribution in [3.63, 3.8) is 0 Å². The van der Waals surface area contributed by atoms with Gasteiger partial charge in [0.25, 0.3) is 0 Å². The quantitative estimate of drug-likeness (QED) is 0.188. The Bertz CT molecular complexity index is 2220. The second-order valence-electron chi connectivity index (χ2n) is 14.6. The van der Waals surface area contributed by atoms with Crippen molar-refractivity contribution in [1.29, 1.82) is 0 Å². The fourth-order valence-corrected chi connectivity index (χ4v) is 9.88. The zero-order valence-electron chi connectivity index (χ0n) is 26.5. The molecule has 1 aliphatic heterocycles. The maximum Gasteiger partial charge on any atom is 0.0556 e. The number of hydrogen-bond acceptors (Lipinski definition) is 1. The van der Waals surface area contributed by atoms with E-state index in [1.807, 2.05) is 0 Å². The van der Waals surface area contributed by atoms with Gasteiger partial charge in [-0.1, -0.05) is 131 Å². The highest BCUT2D eigenvalue weighted by Crippen LogP contribution is 2.67. The first-order valence-electron chi connectivity index (χ1n) is 16.3. The SMILES string of the molecule is CC1(C)c2ccccc2-c2cc3c(c(N4c5ccccc5C5(C)c6ccccc6-c6cccc4c65)c21)C(C)(C)c1ccccc1-3. The van der Waals surface area contributed by atoms with Crippen molar-refractivity contribution in [2.45, 2.75) is 50.9 Å². The molecule has 0 radical (unpaired) electrons. The van der Waals surface area contributed by atoms with Gasteiger partial charge in [0.2, 0.25) is 0 Å². The number of fused-ring (bicyclic) bond motifs is 11. The fraction of sp³-hybridized carbons (Fsp3) is 0.182. The standard InChI is InChI=1S/C44H35N/c1-42(2)32-19-9-6-16-27(32)30-25-31-28-17-7-10-20-33(28)43(3,4)40(31)41(39(30)42)45-36-23-13-12-22-35(36)44(5)34-21-11-8-15-26(34)29-18-14-24-37(45)38(29)44/h6-25H,1-5H3. The van der Waals surface area contributed by atoms with E-state index >= 15 is 0 Å². The Morgan fingerprint density at radius 2 is 0.822 bits per heavy atom. The van der Waals surface area contributed by atoms with E-state index < -0.39 is 0 Å². The molecule has 1 heteroatoms. The third-order valence-corrected chi connectivity index (χ3v) is 11.8. The number of rotatable bonds is 1. The van der Waals surface area contributed by atoms with Gasteiger partial charge in [-0.05, 0) is 97.4 Å². The van der Waals surface area contributed by atoms with Crippen LogP contribution in [0, 0.1) is 0 Å². The highest BCUT2D eigenvalue weighted by atomic mass is 15.2. The molecule has 10 rings (SSSR count). The van der Waals surface area contributed by atoms with Gasteiger partial charge in [0.1, 0.15) is 0 Å². The molecule has 6 aromatic carbocycles. The zero-order chi connectivity index (χ0) is 30.5. The van der Waals surface area contributed by atoms with Crippen molar-refractivity contribution in [2.75, 3.05) is 4.90 Å². The molecule has 0 aromatic heterocycles. The molecule has 0 saturated carbocycles. The Balaban J connectivity index is 1.40. The van der Waals surface area contributed by atoms with Crippen molar-refractivity contribution in [3.05, 3.63) is 160 Å². The van der Waals surface area contributed by atoms with Gasteiger partial charge in [0, 0.05) is 16.2 Å². The Labute approximate surface area is 265 Å². The summed E-state index contributed by atoms with van der Waals surface area (Å²) in [6.45, 7) is 12.2. The molecule has 0 saturated heterocycles. The molecule has 1 atom stereocenters. The molecule has 4 aliphatic rings. The zero-order valence-corrected chi connectivity index (χ0v) is 26.5. The Kier molecular flexibility index (Phi) is 4.54. The summed E-state index contributed by atoms with van der Waals surface area (Å²) in [5.74, 6) is 0. The number of para-hydroxylation sites is 1. The summed E-state index contributed by atoms with van der Waals surface area (Å²) in [5.41, 5.74) is 21.5. The second kappa shape index (κ2) is 8.03. The summed E-state index contributed by atoms with van der Waals surface area (Å²) in [7, 11) is 0. The van der Waals surface area contributed by atoms with Crippen molar-refractivity contribution in [3.8, 4) is 33.4 Å². The lowest BCUT2D eigenvalue weighted by Crippen LogP contribution is -2.34. The maximum atomic E-state index is 2.68. The predicted molar refractivity (Wildman–Crippen MR) is 187 cm³/mol. The van der Waals surface area contributed by atoms with Crippen LogP contribution in [-0.4, -0.2) is 0 Å². The number of nitrogens with zero attached hydrogens (tertiary/aromatic N) is 1. The average Bonchev–Trinajstić information content (AvgIpc) is 3.57. The van der Waals surface area contributed by atoms with Gasteiger partial charge in [-0.15, -0.1) is 0 Å². The number of hydrogen-bond donors (Lipinski definition) is 0. The molecule has 1 unspecified atom stereocenters. The lowest BCUT2D eigenvalue weighted by molar-refractivity contribution is 0.637. The number of anilines is 3. The average molecular weight is 578 g/mol. The van der Waals surface area contributed by atoms with Crippen molar-refractivity contribution in [1.82, 2.24) is 0 Å². The van der Waals surface area contributed by atoms with Crippen LogP contribution in [0.2, 0.25) is 0 Å². The van der Waals surface area contributed by atoms with Crippen LogP contribution in [0.3, 0.4) is 0 Å². The van der Waals surface area contributed by atoms with E-state index in [0.717, 1.165) is 0 Å². The van der Waals surface area contributed by atoms with E-state index in [9.17, 15) is 0 Å². The summed E-state index contributed by atoms with van der Waals surface area (Å²) in [6.07, 6.45) is 0. The van der Waals surface area contributed by atoms with Crippen LogP contribution in [0.15, 0.2) is 121 Å². The molecule has 0 fully saturated rings. The monoisotopic (exact) mass is 577 g/mol. The van der Waals surface area contributed by atoms with Crippen LogP contribution in [-0.2, 0) is 16.2 Å². The lowest BCUT2D eigenvalue weighted by atomic mass is 9.69. The van der Waals surface area contributed by atoms with Crippen LogP contribution in [0.25, 0.3) is 33.4 Å². The molecule has 6 aromatic rings. The van der Waals surface area contributed by atoms with Gasteiger partial charge in [-0.2, -0.15) is 0 Å². The smallest absolute Gasteiger partial charge is 0.0556 e. The normalized spacial score (nSPS) is 19.6. The van der Waals surface area contributed by atoms with E-state index in [1.54, 1.807) is 0 Å². The summed E-state index contributed by atoms with van der Waals surface area (Å²) in [6, 6.07) is 46.0. The first kappa shape index (κ1) is 25.4. The Hall–Kier alpha value is -4.88. The van der Waals surface area contributed by atoms with Gasteiger partial charge in [0.05, 0.1) is 17.1 Å². The van der Waals surface area contributed by atoms with Gasteiger partial charge in [0.15, 0.2) is 0 Å². The Morgan fingerprint density at radius 1 is 0.378 bits per heavy atom. The minimum absolute atomic E-state index is 0.169. The lowest BCUT2D eigenvalue weighted by Gasteiger charge is -2.45. The number of benzene rings is 6. The largest absolute Gasteiger partial charge is 0.309 e. The molecule has 216 valence electrons. The molecule has 3 aliphatic carbocycles. The molecule has 1 nitrogen and oxygen atoms in total. The third-order valence-electron chi connectivity index (χ3n) is 11.8. The van der Waals surface area contributed by atoms with E-state index in [1.165, 1.54) is 89.4 Å². The minimum atomic E-state index is -0.228. The van der Waals surface area contributed by atoms with Crippen LogP contribution >= 0.6 is 0 Å².